The van der Waals surface area contributed by atoms with Crippen molar-refractivity contribution in [2.45, 2.75) is 26.3 Å². The lowest BCUT2D eigenvalue weighted by molar-refractivity contribution is 0.112. The van der Waals surface area contributed by atoms with Crippen molar-refractivity contribution in [2.75, 3.05) is 13.1 Å². The monoisotopic (exact) mass is 435 g/mol. The lowest BCUT2D eigenvalue weighted by Crippen LogP contribution is -2.39. The topological polar surface area (TPSA) is 47.4 Å². The molecule has 0 saturated carbocycles. The minimum Gasteiger partial charge on any atom is -0.457 e. The highest BCUT2D eigenvalue weighted by Gasteiger charge is 2.27. The van der Waals surface area contributed by atoms with E-state index in [-0.39, 0.29) is 5.54 Å². The molecule has 4 rings (SSSR count). The maximum Gasteiger partial charge on any atom is 0.153 e. The zero-order valence-corrected chi connectivity index (χ0v) is 19.0. The van der Waals surface area contributed by atoms with Crippen LogP contribution in [0.4, 0.5) is 0 Å². The molecule has 5 nitrogen and oxygen atoms in total. The van der Waals surface area contributed by atoms with Crippen LogP contribution in [0.1, 0.15) is 37.0 Å². The largest absolute Gasteiger partial charge is 0.457 e. The number of benzene rings is 2. The van der Waals surface area contributed by atoms with Crippen molar-refractivity contribution in [1.29, 1.82) is 0 Å². The molecule has 0 amide bonds. The summed E-state index contributed by atoms with van der Waals surface area (Å²) >= 11 is 6.04. The highest BCUT2D eigenvalue weighted by Crippen LogP contribution is 2.31. The molecule has 1 aromatic heterocycles. The Kier molecular flexibility index (Phi) is 5.73. The Bertz CT molecular complexity index is 1140. The molecule has 0 radical (unpaired) electrons. The quantitative estimate of drug-likeness (QED) is 0.472. The van der Waals surface area contributed by atoms with Crippen LogP contribution in [0.2, 0.25) is 5.02 Å². The Balaban J connectivity index is 1.53. The number of imidazole rings is 1. The summed E-state index contributed by atoms with van der Waals surface area (Å²) in [6, 6.07) is 12.7. The molecule has 2 aromatic carbocycles. The molecule has 0 aliphatic carbocycles. The highest BCUT2D eigenvalue weighted by atomic mass is 35.5. The Morgan fingerprint density at radius 2 is 1.87 bits per heavy atom. The van der Waals surface area contributed by atoms with E-state index in [0.29, 0.717) is 22.1 Å². The zero-order valence-electron chi connectivity index (χ0n) is 18.2. The van der Waals surface area contributed by atoms with Crippen LogP contribution in [0.25, 0.3) is 16.8 Å². The number of nitrogens with zero attached hydrogens (tertiary/aromatic N) is 3. The summed E-state index contributed by atoms with van der Waals surface area (Å²) in [7, 11) is 2.05. The van der Waals surface area contributed by atoms with Crippen molar-refractivity contribution >= 4 is 23.5 Å². The zero-order chi connectivity index (χ0) is 22.2. The molecule has 0 atom stereocenters. The molecular formula is C25H26ClN3O2. The fourth-order valence-electron chi connectivity index (χ4n) is 3.72. The predicted molar refractivity (Wildman–Crippen MR) is 125 cm³/mol. The summed E-state index contributed by atoms with van der Waals surface area (Å²) < 4.78 is 8.01. The Labute approximate surface area is 187 Å². The molecule has 0 saturated heterocycles. The minimum atomic E-state index is 0.134. The predicted octanol–water partition coefficient (Wildman–Crippen LogP) is 5.84. The Morgan fingerprint density at radius 3 is 2.52 bits per heavy atom. The van der Waals surface area contributed by atoms with Gasteiger partial charge in [0.2, 0.25) is 0 Å². The molecule has 31 heavy (non-hydrogen) atoms. The third-order valence-corrected chi connectivity index (χ3v) is 5.86. The lowest BCUT2D eigenvalue weighted by atomic mass is 10.1. The van der Waals surface area contributed by atoms with Gasteiger partial charge in [-0.3, -0.25) is 9.69 Å². The van der Waals surface area contributed by atoms with Gasteiger partial charge in [-0.15, -0.1) is 0 Å². The first-order valence-electron chi connectivity index (χ1n) is 10.3. The first kappa shape index (κ1) is 21.3. The second-order valence-electron chi connectivity index (χ2n) is 8.73. The van der Waals surface area contributed by atoms with Gasteiger partial charge in [-0.1, -0.05) is 17.7 Å². The normalized spacial score (nSPS) is 14.5. The van der Waals surface area contributed by atoms with Gasteiger partial charge in [-0.25, -0.2) is 4.98 Å². The van der Waals surface area contributed by atoms with Gasteiger partial charge in [-0.05, 0) is 57.2 Å². The fraction of sp³-hybridized carbons (Fsp3) is 0.280. The molecule has 0 bridgehead atoms. The van der Waals surface area contributed by atoms with Gasteiger partial charge in [0, 0.05) is 47.9 Å². The average molecular weight is 436 g/mol. The lowest BCUT2D eigenvalue weighted by Gasteiger charge is -2.31. The van der Waals surface area contributed by atoms with Gasteiger partial charge in [-0.2, -0.15) is 0 Å². The van der Waals surface area contributed by atoms with Crippen LogP contribution in [0, 0.1) is 0 Å². The van der Waals surface area contributed by atoms with Crippen molar-refractivity contribution in [2.24, 2.45) is 7.05 Å². The first-order valence-corrected chi connectivity index (χ1v) is 10.6. The van der Waals surface area contributed by atoms with E-state index in [1.807, 2.05) is 37.5 Å². The number of aldehydes is 1. The molecule has 0 fully saturated rings. The van der Waals surface area contributed by atoms with E-state index in [9.17, 15) is 4.79 Å². The molecule has 0 spiro atoms. The Morgan fingerprint density at radius 1 is 1.13 bits per heavy atom. The molecule has 0 unspecified atom stereocenters. The molecule has 160 valence electrons. The summed E-state index contributed by atoms with van der Waals surface area (Å²) in [4.78, 5) is 18.4. The number of carbonyl (C=O) groups is 1. The van der Waals surface area contributed by atoms with Gasteiger partial charge >= 0.3 is 0 Å². The van der Waals surface area contributed by atoms with Crippen LogP contribution in [0.15, 0.2) is 54.7 Å². The van der Waals surface area contributed by atoms with Crippen LogP contribution in [-0.4, -0.2) is 39.4 Å². The molecule has 1 aliphatic rings. The molecule has 2 heterocycles. The third-order valence-electron chi connectivity index (χ3n) is 5.62. The van der Waals surface area contributed by atoms with E-state index in [1.165, 1.54) is 5.57 Å². The van der Waals surface area contributed by atoms with Crippen molar-refractivity contribution in [3.8, 4) is 22.8 Å². The number of hydrogen-bond donors (Lipinski definition) is 0. The average Bonchev–Trinajstić information content (AvgIpc) is 3.36. The molecule has 1 aliphatic heterocycles. The first-order chi connectivity index (χ1) is 14.8. The number of aromatic nitrogens is 2. The van der Waals surface area contributed by atoms with Gasteiger partial charge in [0.15, 0.2) is 6.29 Å². The van der Waals surface area contributed by atoms with Crippen molar-refractivity contribution < 1.29 is 9.53 Å². The third kappa shape index (κ3) is 4.43. The summed E-state index contributed by atoms with van der Waals surface area (Å²) in [6.07, 6.45) is 4.94. The standard InChI is InChI=1S/C25H26ClN3O2/c1-25(2,3)29-12-11-18(15-29)24-27-14-22(28(24)4)17-6-9-21(10-7-17)31-23-13-20(26)8-5-19(23)16-30/h5-11,13-14,16H,12,15H2,1-4H3. The van der Waals surface area contributed by atoms with Crippen LogP contribution in [0.5, 0.6) is 11.5 Å². The van der Waals surface area contributed by atoms with Crippen LogP contribution >= 0.6 is 11.6 Å². The molecule has 3 aromatic rings. The summed E-state index contributed by atoms with van der Waals surface area (Å²) in [5.41, 5.74) is 3.92. The van der Waals surface area contributed by atoms with E-state index in [4.69, 9.17) is 21.3 Å². The molecule has 6 heteroatoms. The van der Waals surface area contributed by atoms with Crippen molar-refractivity contribution in [3.63, 3.8) is 0 Å². The van der Waals surface area contributed by atoms with E-state index in [1.54, 1.807) is 18.2 Å². The highest BCUT2D eigenvalue weighted by molar-refractivity contribution is 6.30. The fourth-order valence-corrected chi connectivity index (χ4v) is 3.88. The van der Waals surface area contributed by atoms with Gasteiger partial charge in [0.25, 0.3) is 0 Å². The Hall–Kier alpha value is -2.89. The van der Waals surface area contributed by atoms with E-state index >= 15 is 0 Å². The smallest absolute Gasteiger partial charge is 0.153 e. The maximum atomic E-state index is 11.3. The number of rotatable bonds is 5. The number of halogens is 1. The molecule has 0 N–H and O–H groups in total. The summed E-state index contributed by atoms with van der Waals surface area (Å²) in [5.74, 6) is 2.07. The molecular weight excluding hydrogens is 410 g/mol. The van der Waals surface area contributed by atoms with Crippen molar-refractivity contribution in [1.82, 2.24) is 14.5 Å². The number of ether oxygens (including phenoxy) is 1. The van der Waals surface area contributed by atoms with E-state index in [0.717, 1.165) is 36.5 Å². The number of hydrogen-bond acceptors (Lipinski definition) is 4. The van der Waals surface area contributed by atoms with Gasteiger partial charge in [0.05, 0.1) is 17.5 Å². The maximum absolute atomic E-state index is 11.3. The van der Waals surface area contributed by atoms with Crippen LogP contribution < -0.4 is 4.74 Å². The van der Waals surface area contributed by atoms with Crippen LogP contribution in [0.3, 0.4) is 0 Å². The van der Waals surface area contributed by atoms with Crippen molar-refractivity contribution in [3.05, 3.63) is 71.1 Å². The SMILES string of the molecule is Cn1c(-c2ccc(Oc3cc(Cl)ccc3C=O)cc2)cnc1C1=CCN(C(C)(C)C)C1. The number of carbonyl (C=O) groups excluding carboxylic acids is 1. The van der Waals surface area contributed by atoms with Gasteiger partial charge in [0.1, 0.15) is 17.3 Å². The summed E-state index contributed by atoms with van der Waals surface area (Å²) in [6.45, 7) is 8.55. The summed E-state index contributed by atoms with van der Waals surface area (Å²) in [5, 5.41) is 0.519. The van der Waals surface area contributed by atoms with Crippen LogP contribution in [-0.2, 0) is 7.05 Å². The second-order valence-corrected chi connectivity index (χ2v) is 9.17. The van der Waals surface area contributed by atoms with E-state index in [2.05, 4.69) is 36.3 Å². The minimum absolute atomic E-state index is 0.134. The van der Waals surface area contributed by atoms with Gasteiger partial charge < -0.3 is 9.30 Å². The van der Waals surface area contributed by atoms with E-state index < -0.39 is 0 Å². The second kappa shape index (κ2) is 8.33.